The minimum Gasteiger partial charge on any atom is -0.459 e. The van der Waals surface area contributed by atoms with Crippen molar-refractivity contribution in [1.29, 1.82) is 0 Å². The fourth-order valence-electron chi connectivity index (χ4n) is 7.76. The second-order valence-corrected chi connectivity index (χ2v) is 16.4. The van der Waals surface area contributed by atoms with Gasteiger partial charge in [-0.2, -0.15) is 0 Å². The highest BCUT2D eigenvalue weighted by Gasteiger charge is 2.25. The normalized spacial score (nSPS) is 15.0. The number of rotatable bonds is 6. The topological polar surface area (TPSA) is 26.3 Å². The van der Waals surface area contributed by atoms with Gasteiger partial charge in [-0.3, -0.25) is 0 Å². The van der Waals surface area contributed by atoms with E-state index in [1.807, 2.05) is 114 Å². The van der Waals surface area contributed by atoms with Gasteiger partial charge in [0.25, 0.3) is 0 Å². The van der Waals surface area contributed by atoms with Crippen LogP contribution in [-0.2, 0) is 4.74 Å². The molecule has 0 amide bonds. The number of esters is 1. The number of carbonyl (C=O) groups excluding carboxylic acids is 1. The third kappa shape index (κ3) is 23.6. The van der Waals surface area contributed by atoms with Crippen LogP contribution in [0.5, 0.6) is 0 Å². The van der Waals surface area contributed by atoms with Crippen molar-refractivity contribution in [3.8, 4) is 11.1 Å². The second kappa shape index (κ2) is 38.4. The lowest BCUT2D eigenvalue weighted by molar-refractivity contribution is 0.0195. The maximum absolute atomic E-state index is 12.2. The third-order valence-corrected chi connectivity index (χ3v) is 11.6. The van der Waals surface area contributed by atoms with Crippen molar-refractivity contribution in [1.82, 2.24) is 0 Å². The molecule has 2 aliphatic carbocycles. The number of carbonyl (C=O) groups is 1. The molecule has 2 nitrogen and oxygen atoms in total. The summed E-state index contributed by atoms with van der Waals surface area (Å²) in [4.78, 5) is 12.2. The Morgan fingerprint density at radius 1 is 0.362 bits per heavy atom. The number of benzene rings is 6. The molecule has 1 unspecified atom stereocenters. The van der Waals surface area contributed by atoms with Gasteiger partial charge in [0.05, 0.1) is 5.56 Å². The maximum atomic E-state index is 12.2. The number of aryl methyl sites for hydroxylation is 6. The molecule has 0 aromatic heterocycles. The summed E-state index contributed by atoms with van der Waals surface area (Å²) in [6.07, 6.45) is 10.2. The van der Waals surface area contributed by atoms with Crippen LogP contribution in [0.4, 0.5) is 0 Å². The van der Waals surface area contributed by atoms with Crippen LogP contribution in [0.2, 0.25) is 0 Å². The monoisotopic (exact) mass is 933 g/mol. The Morgan fingerprint density at radius 2 is 0.667 bits per heavy atom. The first-order valence-electron chi connectivity index (χ1n) is 26.9. The molecule has 1 fully saturated rings. The average molecular weight is 934 g/mol. The molecule has 376 valence electrons. The van der Waals surface area contributed by atoms with E-state index in [-0.39, 0.29) is 12.1 Å². The van der Waals surface area contributed by atoms with E-state index in [4.69, 9.17) is 4.74 Å². The number of allylic oxidation sites excluding steroid dienone is 2. The molecule has 2 heteroatoms. The fourth-order valence-corrected chi connectivity index (χ4v) is 7.76. The molecular formula is C67H96O2. The predicted octanol–water partition coefficient (Wildman–Crippen LogP) is 21.0. The largest absolute Gasteiger partial charge is 0.459 e. The summed E-state index contributed by atoms with van der Waals surface area (Å²) >= 11 is 0. The molecule has 69 heavy (non-hydrogen) atoms. The average Bonchev–Trinajstić information content (AvgIpc) is 3.42. The van der Waals surface area contributed by atoms with Crippen LogP contribution in [0, 0.1) is 41.5 Å². The Bertz CT molecular complexity index is 2120. The zero-order valence-electron chi connectivity index (χ0n) is 46.9. The van der Waals surface area contributed by atoms with E-state index in [0.717, 1.165) is 31.2 Å². The lowest BCUT2D eigenvalue weighted by atomic mass is 9.82. The number of hydrogen-bond donors (Lipinski definition) is 0. The molecule has 0 heterocycles. The van der Waals surface area contributed by atoms with Crippen LogP contribution in [0.15, 0.2) is 152 Å². The van der Waals surface area contributed by atoms with Crippen molar-refractivity contribution in [2.24, 2.45) is 0 Å². The summed E-state index contributed by atoms with van der Waals surface area (Å²) in [6, 6.07) is 51.7. The Balaban J connectivity index is 0.000000921. The Kier molecular flexibility index (Phi) is 35.3. The molecule has 2 aliphatic rings. The van der Waals surface area contributed by atoms with Gasteiger partial charge in [-0.25, -0.2) is 4.79 Å². The van der Waals surface area contributed by atoms with E-state index >= 15 is 0 Å². The van der Waals surface area contributed by atoms with Crippen molar-refractivity contribution >= 4 is 11.5 Å². The molecule has 6 aromatic rings. The summed E-state index contributed by atoms with van der Waals surface area (Å²) in [5.74, 6) is 1.11. The van der Waals surface area contributed by atoms with Gasteiger partial charge >= 0.3 is 5.97 Å². The van der Waals surface area contributed by atoms with Crippen molar-refractivity contribution in [2.75, 3.05) is 0 Å². The molecule has 6 aromatic carbocycles. The van der Waals surface area contributed by atoms with Gasteiger partial charge in [0.1, 0.15) is 6.10 Å². The molecule has 1 saturated carbocycles. The molecule has 0 saturated heterocycles. The van der Waals surface area contributed by atoms with E-state index in [1.54, 1.807) is 0 Å². The highest BCUT2D eigenvalue weighted by molar-refractivity contribution is 5.89. The van der Waals surface area contributed by atoms with Gasteiger partial charge in [0, 0.05) is 0 Å². The zero-order chi connectivity index (χ0) is 52.1. The summed E-state index contributed by atoms with van der Waals surface area (Å²) in [6.45, 7) is 36.6. The predicted molar refractivity (Wildman–Crippen MR) is 309 cm³/mol. The minimum atomic E-state index is -0.191. The molecular weight excluding hydrogens is 837 g/mol. The van der Waals surface area contributed by atoms with Crippen molar-refractivity contribution in [3.63, 3.8) is 0 Å². The number of hydrogen-bond acceptors (Lipinski definition) is 2. The minimum absolute atomic E-state index is 0.0606. The van der Waals surface area contributed by atoms with Crippen molar-refractivity contribution in [3.05, 3.63) is 207 Å². The van der Waals surface area contributed by atoms with E-state index in [2.05, 4.69) is 162 Å². The van der Waals surface area contributed by atoms with Gasteiger partial charge in [-0.05, 0) is 144 Å². The quantitative estimate of drug-likeness (QED) is 0.156. The van der Waals surface area contributed by atoms with E-state index in [1.165, 1.54) is 80.5 Å². The van der Waals surface area contributed by atoms with Crippen LogP contribution in [0.3, 0.4) is 0 Å². The highest BCUT2D eigenvalue weighted by Crippen LogP contribution is 2.37. The van der Waals surface area contributed by atoms with Crippen LogP contribution < -0.4 is 0 Å². The Hall–Kier alpha value is -5.47. The van der Waals surface area contributed by atoms with E-state index < -0.39 is 0 Å². The summed E-state index contributed by atoms with van der Waals surface area (Å²) in [7, 11) is 0. The maximum Gasteiger partial charge on any atom is 0.338 e. The first kappa shape index (κ1) is 63.5. The summed E-state index contributed by atoms with van der Waals surface area (Å²) in [5, 5.41) is 0. The molecule has 8 rings (SSSR count). The first-order chi connectivity index (χ1) is 33.6. The molecule has 1 atom stereocenters. The highest BCUT2D eigenvalue weighted by atomic mass is 16.5. The zero-order valence-corrected chi connectivity index (χ0v) is 46.9. The smallest absolute Gasteiger partial charge is 0.338 e. The van der Waals surface area contributed by atoms with Gasteiger partial charge in [0.2, 0.25) is 0 Å². The molecule has 0 N–H and O–H groups in total. The van der Waals surface area contributed by atoms with Gasteiger partial charge in [-0.15, -0.1) is 0 Å². The van der Waals surface area contributed by atoms with E-state index in [0.29, 0.717) is 17.4 Å². The lowest BCUT2D eigenvalue weighted by Crippen LogP contribution is -2.24. The fraction of sp³-hybridized carbons (Fsp3) is 0.418. The van der Waals surface area contributed by atoms with E-state index in [9.17, 15) is 4.79 Å². The van der Waals surface area contributed by atoms with Gasteiger partial charge in [-0.1, -0.05) is 256 Å². The molecule has 0 radical (unpaired) electrons. The Labute approximate surface area is 425 Å². The third-order valence-electron chi connectivity index (χ3n) is 11.6. The molecule has 0 bridgehead atoms. The summed E-state index contributed by atoms with van der Waals surface area (Å²) < 4.78 is 5.68. The standard InChI is InChI=1S/C21H24O2.C20H22.C14H14.6C2H6/c1-15-3-7-17(8-4-15)18-11-13-20(14-12-18)23-21(22)19-9-5-16(2)6-10-19;1-15-3-7-17(8-4-15)19-11-13-20(14-12-19)18-9-5-16(2)6-10-18;1-11-3-7-13(8-4-11)14-9-5-12(2)6-10-14;6*1-2/h3-10,18,20H,11-14H2,1-2H3;3-11,20H,12-14H2,1-2H3;3-10H,1-2H3;6*1-2H3. The molecule has 0 spiro atoms. The van der Waals surface area contributed by atoms with Crippen LogP contribution in [0.25, 0.3) is 16.7 Å². The van der Waals surface area contributed by atoms with Crippen LogP contribution in [-0.4, -0.2) is 12.1 Å². The van der Waals surface area contributed by atoms with Crippen molar-refractivity contribution < 1.29 is 9.53 Å². The van der Waals surface area contributed by atoms with Crippen LogP contribution >= 0.6 is 0 Å². The Morgan fingerprint density at radius 3 is 1.00 bits per heavy atom. The summed E-state index contributed by atoms with van der Waals surface area (Å²) in [5.41, 5.74) is 16.8. The van der Waals surface area contributed by atoms with Crippen LogP contribution in [0.1, 0.15) is 200 Å². The first-order valence-corrected chi connectivity index (χ1v) is 26.9. The lowest BCUT2D eigenvalue weighted by Gasteiger charge is -2.28. The second-order valence-electron chi connectivity index (χ2n) is 16.4. The van der Waals surface area contributed by atoms with Gasteiger partial charge < -0.3 is 4.74 Å². The van der Waals surface area contributed by atoms with Crippen molar-refractivity contribution in [2.45, 2.75) is 188 Å². The van der Waals surface area contributed by atoms with Gasteiger partial charge in [0.15, 0.2) is 0 Å². The SMILES string of the molecule is CC.CC.CC.CC.CC.CC.Cc1ccc(-c2ccc(C)cc2)cc1.Cc1ccc(C(=O)OC2CCC(c3ccc(C)cc3)CC2)cc1.Cc1ccc(C2=CCC(c3ccc(C)cc3)CC2)cc1. The molecule has 0 aliphatic heterocycles. The number of ether oxygens (including phenoxy) is 1.